The molecule has 2 heterocycles. The highest BCUT2D eigenvalue weighted by molar-refractivity contribution is 7.18. The Morgan fingerprint density at radius 1 is 1.11 bits per heavy atom. The molecule has 0 bridgehead atoms. The Hall–Kier alpha value is -2.53. The first-order chi connectivity index (χ1) is 13.1. The van der Waals surface area contributed by atoms with Crippen LogP contribution >= 0.6 is 11.3 Å². The number of thiazole rings is 1. The van der Waals surface area contributed by atoms with Gasteiger partial charge in [0.1, 0.15) is 5.01 Å². The van der Waals surface area contributed by atoms with Crippen molar-refractivity contribution in [2.24, 2.45) is 0 Å². The maximum Gasteiger partial charge on any atom is 0.223 e. The second kappa shape index (κ2) is 7.61. The fourth-order valence-corrected chi connectivity index (χ4v) is 4.72. The number of carbonyl (C=O) groups excluding carboxylic acids is 2. The van der Waals surface area contributed by atoms with Crippen molar-refractivity contribution in [1.82, 2.24) is 9.88 Å². The van der Waals surface area contributed by atoms with Gasteiger partial charge >= 0.3 is 0 Å². The van der Waals surface area contributed by atoms with Gasteiger partial charge in [0.15, 0.2) is 5.78 Å². The normalized spacial score (nSPS) is 16.8. The SMILES string of the molecule is Cc1ccc(C(=O)CCC(=O)N2CCCC2c2nc3ccccc3s2)cc1. The van der Waals surface area contributed by atoms with Crippen molar-refractivity contribution < 1.29 is 9.59 Å². The number of ketones is 1. The molecule has 0 aliphatic carbocycles. The molecule has 1 aromatic heterocycles. The lowest BCUT2D eigenvalue weighted by Gasteiger charge is -2.23. The molecule has 1 fully saturated rings. The van der Waals surface area contributed by atoms with E-state index in [4.69, 9.17) is 4.98 Å². The summed E-state index contributed by atoms with van der Waals surface area (Å²) >= 11 is 1.67. The molecule has 27 heavy (non-hydrogen) atoms. The van der Waals surface area contributed by atoms with E-state index >= 15 is 0 Å². The summed E-state index contributed by atoms with van der Waals surface area (Å²) in [6.45, 7) is 2.74. The summed E-state index contributed by atoms with van der Waals surface area (Å²) in [5.74, 6) is 0.0799. The lowest BCUT2D eigenvalue weighted by Crippen LogP contribution is -2.30. The monoisotopic (exact) mass is 378 g/mol. The van der Waals surface area contributed by atoms with Gasteiger partial charge in [-0.05, 0) is 31.9 Å². The molecular weight excluding hydrogens is 356 g/mol. The zero-order valence-electron chi connectivity index (χ0n) is 15.4. The van der Waals surface area contributed by atoms with Gasteiger partial charge in [-0.2, -0.15) is 0 Å². The number of amides is 1. The number of carbonyl (C=O) groups is 2. The Labute approximate surface area is 162 Å². The fraction of sp³-hybridized carbons (Fsp3) is 0.318. The van der Waals surface area contributed by atoms with Crippen molar-refractivity contribution >= 4 is 33.2 Å². The van der Waals surface area contributed by atoms with E-state index in [1.165, 1.54) is 0 Å². The Morgan fingerprint density at radius 3 is 2.67 bits per heavy atom. The standard InChI is InChI=1S/C22H22N2O2S/c1-15-8-10-16(11-9-15)19(25)12-13-21(26)24-14-4-6-18(24)22-23-17-5-2-3-7-20(17)27-22/h2-3,5,7-11,18H,4,6,12-14H2,1H3. The zero-order valence-corrected chi connectivity index (χ0v) is 16.2. The molecule has 4 nitrogen and oxygen atoms in total. The molecule has 0 N–H and O–H groups in total. The average molecular weight is 378 g/mol. The third-order valence-electron chi connectivity index (χ3n) is 5.11. The quantitative estimate of drug-likeness (QED) is 0.592. The maximum atomic E-state index is 12.8. The number of likely N-dealkylation sites (tertiary alicyclic amines) is 1. The Bertz CT molecular complexity index is 944. The molecule has 4 rings (SSSR count). The van der Waals surface area contributed by atoms with Crippen LogP contribution in [0.25, 0.3) is 10.2 Å². The predicted octanol–water partition coefficient (Wildman–Crippen LogP) is 4.93. The summed E-state index contributed by atoms with van der Waals surface area (Å²) in [7, 11) is 0. The Kier molecular flexibility index (Phi) is 5.03. The number of aromatic nitrogens is 1. The number of fused-ring (bicyclic) bond motifs is 1. The molecule has 2 aromatic carbocycles. The number of benzene rings is 2. The largest absolute Gasteiger partial charge is 0.333 e. The third-order valence-corrected chi connectivity index (χ3v) is 6.25. The molecule has 5 heteroatoms. The van der Waals surface area contributed by atoms with Gasteiger partial charge in [-0.1, -0.05) is 42.0 Å². The smallest absolute Gasteiger partial charge is 0.223 e. The lowest BCUT2D eigenvalue weighted by atomic mass is 10.0. The van der Waals surface area contributed by atoms with Gasteiger partial charge in [0, 0.05) is 24.9 Å². The average Bonchev–Trinajstić information content (AvgIpc) is 3.32. The van der Waals surface area contributed by atoms with Gasteiger partial charge in [-0.3, -0.25) is 9.59 Å². The minimum atomic E-state index is 0.0269. The van der Waals surface area contributed by atoms with Crippen molar-refractivity contribution in [2.75, 3.05) is 6.54 Å². The van der Waals surface area contributed by atoms with Crippen LogP contribution in [0, 0.1) is 6.92 Å². The minimum Gasteiger partial charge on any atom is -0.333 e. The number of hydrogen-bond donors (Lipinski definition) is 0. The number of rotatable bonds is 5. The molecule has 1 saturated heterocycles. The molecule has 1 unspecified atom stereocenters. The van der Waals surface area contributed by atoms with Gasteiger partial charge in [0.2, 0.25) is 5.91 Å². The third kappa shape index (κ3) is 3.78. The topological polar surface area (TPSA) is 50.3 Å². The van der Waals surface area contributed by atoms with Crippen LogP contribution in [-0.2, 0) is 4.79 Å². The Morgan fingerprint density at radius 2 is 1.89 bits per heavy atom. The van der Waals surface area contributed by atoms with Crippen LogP contribution in [-0.4, -0.2) is 28.1 Å². The van der Waals surface area contributed by atoms with E-state index in [1.54, 1.807) is 11.3 Å². The van der Waals surface area contributed by atoms with Gasteiger partial charge < -0.3 is 4.90 Å². The lowest BCUT2D eigenvalue weighted by molar-refractivity contribution is -0.132. The van der Waals surface area contributed by atoms with Crippen LogP contribution < -0.4 is 0 Å². The van der Waals surface area contributed by atoms with Gasteiger partial charge in [-0.25, -0.2) is 4.98 Å². The number of para-hydroxylation sites is 1. The van der Waals surface area contributed by atoms with Gasteiger partial charge in [-0.15, -0.1) is 11.3 Å². The van der Waals surface area contributed by atoms with Crippen LogP contribution in [0.5, 0.6) is 0 Å². The summed E-state index contributed by atoms with van der Waals surface area (Å²) < 4.78 is 1.15. The van der Waals surface area contributed by atoms with E-state index in [-0.39, 0.29) is 30.6 Å². The van der Waals surface area contributed by atoms with E-state index in [0.717, 1.165) is 40.2 Å². The first-order valence-corrected chi connectivity index (χ1v) is 10.2. The number of Topliss-reactive ketones (excluding diaryl/α,β-unsaturated/α-hetero) is 1. The highest BCUT2D eigenvalue weighted by Gasteiger charge is 2.32. The molecule has 1 aliphatic rings. The van der Waals surface area contributed by atoms with E-state index in [2.05, 4.69) is 6.07 Å². The first-order valence-electron chi connectivity index (χ1n) is 9.36. The predicted molar refractivity (Wildman–Crippen MR) is 108 cm³/mol. The van der Waals surface area contributed by atoms with Crippen molar-refractivity contribution in [3.8, 4) is 0 Å². The number of nitrogens with zero attached hydrogens (tertiary/aromatic N) is 2. The van der Waals surface area contributed by atoms with E-state index in [9.17, 15) is 9.59 Å². The van der Waals surface area contributed by atoms with Crippen LogP contribution in [0.3, 0.4) is 0 Å². The van der Waals surface area contributed by atoms with Crippen LogP contribution in [0.4, 0.5) is 0 Å². The Balaban J connectivity index is 1.43. The molecule has 0 saturated carbocycles. The summed E-state index contributed by atoms with van der Waals surface area (Å²) in [4.78, 5) is 31.8. The van der Waals surface area contributed by atoms with Crippen molar-refractivity contribution in [3.05, 3.63) is 64.7 Å². The molecule has 0 radical (unpaired) electrons. The molecule has 1 atom stereocenters. The van der Waals surface area contributed by atoms with E-state index < -0.39 is 0 Å². The number of aryl methyl sites for hydroxylation is 1. The molecule has 1 amide bonds. The highest BCUT2D eigenvalue weighted by atomic mass is 32.1. The van der Waals surface area contributed by atoms with Crippen molar-refractivity contribution in [2.45, 2.75) is 38.6 Å². The summed E-state index contributed by atoms with van der Waals surface area (Å²) in [5.41, 5.74) is 2.79. The molecule has 0 spiro atoms. The molecule has 3 aromatic rings. The van der Waals surface area contributed by atoms with Crippen molar-refractivity contribution in [3.63, 3.8) is 0 Å². The van der Waals surface area contributed by atoms with E-state index in [1.807, 2.05) is 54.3 Å². The fourth-order valence-electron chi connectivity index (χ4n) is 3.60. The molecular formula is C22H22N2O2S. The minimum absolute atomic E-state index is 0.0269. The second-order valence-corrected chi connectivity index (χ2v) is 8.12. The maximum absolute atomic E-state index is 12.8. The summed E-state index contributed by atoms with van der Waals surface area (Å²) in [6.07, 6.45) is 2.44. The van der Waals surface area contributed by atoms with Gasteiger partial charge in [0.05, 0.1) is 16.3 Å². The zero-order chi connectivity index (χ0) is 18.8. The summed E-state index contributed by atoms with van der Waals surface area (Å²) in [6, 6.07) is 15.7. The summed E-state index contributed by atoms with van der Waals surface area (Å²) in [5, 5.41) is 1.01. The highest BCUT2D eigenvalue weighted by Crippen LogP contribution is 2.36. The van der Waals surface area contributed by atoms with Crippen LogP contribution in [0.1, 0.15) is 52.7 Å². The first kappa shape index (κ1) is 17.9. The second-order valence-electron chi connectivity index (χ2n) is 7.05. The molecule has 138 valence electrons. The van der Waals surface area contributed by atoms with Crippen molar-refractivity contribution in [1.29, 1.82) is 0 Å². The molecule has 1 aliphatic heterocycles. The van der Waals surface area contributed by atoms with Crippen LogP contribution in [0.2, 0.25) is 0 Å². The van der Waals surface area contributed by atoms with Gasteiger partial charge in [0.25, 0.3) is 0 Å². The number of hydrogen-bond acceptors (Lipinski definition) is 4. The van der Waals surface area contributed by atoms with E-state index in [0.29, 0.717) is 5.56 Å². The van der Waals surface area contributed by atoms with Crippen LogP contribution in [0.15, 0.2) is 48.5 Å².